The van der Waals surface area contributed by atoms with E-state index in [1.54, 1.807) is 23.4 Å². The second-order valence-corrected chi connectivity index (χ2v) is 10.6. The Labute approximate surface area is 207 Å². The summed E-state index contributed by atoms with van der Waals surface area (Å²) in [4.78, 5) is 9.42. The lowest BCUT2D eigenvalue weighted by Gasteiger charge is -2.17. The van der Waals surface area contributed by atoms with Crippen LogP contribution in [-0.2, 0) is 0 Å². The second kappa shape index (κ2) is 9.96. The van der Waals surface area contributed by atoms with Crippen molar-refractivity contribution in [3.8, 4) is 0 Å². The molecule has 5 rings (SSSR count). The molecular formula is C24H31FN6O3S. The average molecular weight is 503 g/mol. The SMILES string of the molecule is CCCSc1nc(NC2CC2c2ccc(F)c(C)c2)c2nnn([C@@H]3C[C@H](CCO)[C@@H](O)[C@H]3O)c2n1. The highest BCUT2D eigenvalue weighted by molar-refractivity contribution is 7.99. The Morgan fingerprint density at radius 2 is 2.03 bits per heavy atom. The van der Waals surface area contributed by atoms with Crippen LogP contribution in [0.2, 0.25) is 0 Å². The van der Waals surface area contributed by atoms with Crippen LogP contribution in [0.5, 0.6) is 0 Å². The summed E-state index contributed by atoms with van der Waals surface area (Å²) in [6.07, 6.45) is 0.790. The number of aliphatic hydroxyl groups excluding tert-OH is 3. The van der Waals surface area contributed by atoms with Gasteiger partial charge in [0.05, 0.1) is 12.1 Å². The van der Waals surface area contributed by atoms with Crippen LogP contribution in [0, 0.1) is 18.7 Å². The van der Waals surface area contributed by atoms with E-state index in [0.717, 1.165) is 24.2 Å². The molecule has 2 fully saturated rings. The van der Waals surface area contributed by atoms with Crippen molar-refractivity contribution < 1.29 is 19.7 Å². The summed E-state index contributed by atoms with van der Waals surface area (Å²) >= 11 is 1.54. The first-order chi connectivity index (χ1) is 16.9. The number of thioether (sulfide) groups is 1. The van der Waals surface area contributed by atoms with Crippen molar-refractivity contribution in [2.45, 2.75) is 74.9 Å². The summed E-state index contributed by atoms with van der Waals surface area (Å²) in [6, 6.07) is 4.89. The number of nitrogens with one attached hydrogen (secondary N) is 1. The van der Waals surface area contributed by atoms with Crippen molar-refractivity contribution in [1.29, 1.82) is 0 Å². The summed E-state index contributed by atoms with van der Waals surface area (Å²) < 4.78 is 15.3. The number of aryl methyl sites for hydroxylation is 1. The lowest BCUT2D eigenvalue weighted by Crippen LogP contribution is -2.30. The van der Waals surface area contributed by atoms with Gasteiger partial charge in [-0.1, -0.05) is 36.0 Å². The molecule has 9 nitrogen and oxygen atoms in total. The van der Waals surface area contributed by atoms with Crippen LogP contribution in [-0.4, -0.2) is 70.9 Å². The Morgan fingerprint density at radius 3 is 2.77 bits per heavy atom. The minimum Gasteiger partial charge on any atom is -0.396 e. The van der Waals surface area contributed by atoms with Gasteiger partial charge in [0.15, 0.2) is 22.1 Å². The molecule has 1 aromatic carbocycles. The van der Waals surface area contributed by atoms with E-state index < -0.39 is 18.2 Å². The first kappa shape index (κ1) is 24.4. The molecule has 11 heteroatoms. The quantitative estimate of drug-likeness (QED) is 0.258. The molecule has 2 unspecified atom stereocenters. The lowest BCUT2D eigenvalue weighted by atomic mass is 10.0. The molecule has 2 aliphatic rings. The predicted molar refractivity (Wildman–Crippen MR) is 131 cm³/mol. The number of nitrogens with zero attached hydrogens (tertiary/aromatic N) is 5. The Morgan fingerprint density at radius 1 is 1.20 bits per heavy atom. The number of hydrogen-bond acceptors (Lipinski definition) is 9. The molecule has 2 saturated carbocycles. The van der Waals surface area contributed by atoms with E-state index in [0.29, 0.717) is 40.5 Å². The summed E-state index contributed by atoms with van der Waals surface area (Å²) in [5, 5.41) is 43.2. The number of anilines is 1. The van der Waals surface area contributed by atoms with Gasteiger partial charge in [-0.25, -0.2) is 19.0 Å². The van der Waals surface area contributed by atoms with E-state index in [1.807, 2.05) is 12.1 Å². The number of fused-ring (bicyclic) bond motifs is 1. The van der Waals surface area contributed by atoms with Gasteiger partial charge in [-0.2, -0.15) is 0 Å². The van der Waals surface area contributed by atoms with Crippen LogP contribution in [0.25, 0.3) is 11.2 Å². The molecule has 188 valence electrons. The number of aromatic nitrogens is 5. The van der Waals surface area contributed by atoms with Crippen molar-refractivity contribution in [2.24, 2.45) is 5.92 Å². The number of halogens is 1. The third kappa shape index (κ3) is 4.74. The molecule has 0 amide bonds. The zero-order chi connectivity index (χ0) is 24.7. The molecule has 6 atom stereocenters. The molecule has 0 spiro atoms. The topological polar surface area (TPSA) is 129 Å². The van der Waals surface area contributed by atoms with Crippen molar-refractivity contribution in [3.05, 3.63) is 35.1 Å². The number of hydrogen-bond donors (Lipinski definition) is 4. The molecule has 0 radical (unpaired) electrons. The molecule has 2 aromatic heterocycles. The van der Waals surface area contributed by atoms with Crippen LogP contribution in [0.1, 0.15) is 55.7 Å². The van der Waals surface area contributed by atoms with Crippen LogP contribution in [0.3, 0.4) is 0 Å². The zero-order valence-electron chi connectivity index (χ0n) is 19.8. The minimum atomic E-state index is -1.02. The maximum absolute atomic E-state index is 13.7. The van der Waals surface area contributed by atoms with E-state index in [9.17, 15) is 19.7 Å². The normalized spacial score (nSPS) is 28.1. The third-order valence-corrected chi connectivity index (χ3v) is 8.10. The van der Waals surface area contributed by atoms with Crippen molar-refractivity contribution in [1.82, 2.24) is 25.0 Å². The molecule has 0 aliphatic heterocycles. The zero-order valence-corrected chi connectivity index (χ0v) is 20.6. The third-order valence-electron chi connectivity index (χ3n) is 7.05. The number of aliphatic hydroxyl groups is 3. The van der Waals surface area contributed by atoms with E-state index in [2.05, 4.69) is 22.6 Å². The van der Waals surface area contributed by atoms with Crippen LogP contribution in [0.15, 0.2) is 23.4 Å². The summed E-state index contributed by atoms with van der Waals surface area (Å²) in [6.45, 7) is 3.81. The van der Waals surface area contributed by atoms with E-state index in [1.165, 1.54) is 6.07 Å². The Kier molecular flexibility index (Phi) is 6.93. The highest BCUT2D eigenvalue weighted by atomic mass is 32.2. The van der Waals surface area contributed by atoms with Gasteiger partial charge in [0.2, 0.25) is 0 Å². The average Bonchev–Trinajstić information content (AvgIpc) is 3.39. The summed E-state index contributed by atoms with van der Waals surface area (Å²) in [5.41, 5.74) is 2.75. The minimum absolute atomic E-state index is 0.0521. The van der Waals surface area contributed by atoms with Gasteiger partial charge >= 0.3 is 0 Å². The fraction of sp³-hybridized carbons (Fsp3) is 0.583. The smallest absolute Gasteiger partial charge is 0.191 e. The highest BCUT2D eigenvalue weighted by Crippen LogP contribution is 2.44. The largest absolute Gasteiger partial charge is 0.396 e. The Hall–Kier alpha value is -2.34. The van der Waals surface area contributed by atoms with Gasteiger partial charge in [-0.15, -0.1) is 5.10 Å². The van der Waals surface area contributed by atoms with Crippen LogP contribution >= 0.6 is 11.8 Å². The Balaban J connectivity index is 1.44. The van der Waals surface area contributed by atoms with Gasteiger partial charge < -0.3 is 20.6 Å². The van der Waals surface area contributed by atoms with E-state index >= 15 is 0 Å². The van der Waals surface area contributed by atoms with Gasteiger partial charge in [-0.3, -0.25) is 0 Å². The van der Waals surface area contributed by atoms with Crippen molar-refractivity contribution >= 4 is 28.7 Å². The maximum atomic E-state index is 13.7. The molecule has 0 bridgehead atoms. The highest BCUT2D eigenvalue weighted by Gasteiger charge is 2.44. The standard InChI is InChI=1S/C24H31FN6O3S/c1-3-8-35-24-27-22(26-17-11-15(17)13-4-5-16(25)12(2)9-13)19-23(28-24)31(30-29-19)18-10-14(6-7-32)20(33)21(18)34/h4-5,9,14-15,17-18,20-21,32-34H,3,6-8,10-11H2,1-2H3,(H,26,27,28)/t14-,15?,17?,18+,20+,21-/m0/s1. The molecule has 3 aromatic rings. The van der Waals surface area contributed by atoms with Crippen molar-refractivity contribution in [2.75, 3.05) is 17.7 Å². The fourth-order valence-electron chi connectivity index (χ4n) is 4.98. The molecule has 2 heterocycles. The lowest BCUT2D eigenvalue weighted by molar-refractivity contribution is 0.00107. The number of rotatable bonds is 9. The van der Waals surface area contributed by atoms with E-state index in [4.69, 9.17) is 9.97 Å². The molecule has 35 heavy (non-hydrogen) atoms. The van der Waals surface area contributed by atoms with Gasteiger partial charge in [0, 0.05) is 24.3 Å². The van der Waals surface area contributed by atoms with Gasteiger partial charge in [0.25, 0.3) is 0 Å². The number of benzene rings is 1. The maximum Gasteiger partial charge on any atom is 0.191 e. The van der Waals surface area contributed by atoms with Crippen LogP contribution in [0.4, 0.5) is 10.2 Å². The van der Waals surface area contributed by atoms with Crippen LogP contribution < -0.4 is 5.32 Å². The molecular weight excluding hydrogens is 471 g/mol. The predicted octanol–water partition coefficient (Wildman–Crippen LogP) is 2.80. The van der Waals surface area contributed by atoms with E-state index in [-0.39, 0.29) is 30.3 Å². The molecule has 4 N–H and O–H groups in total. The van der Waals surface area contributed by atoms with Gasteiger partial charge in [0.1, 0.15) is 11.9 Å². The Bertz CT molecular complexity index is 1210. The first-order valence-electron chi connectivity index (χ1n) is 12.2. The first-order valence-corrected chi connectivity index (χ1v) is 13.1. The summed E-state index contributed by atoms with van der Waals surface area (Å²) in [7, 11) is 0. The fourth-order valence-corrected chi connectivity index (χ4v) is 5.68. The molecule has 0 saturated heterocycles. The van der Waals surface area contributed by atoms with Crippen molar-refractivity contribution in [3.63, 3.8) is 0 Å². The molecule has 2 aliphatic carbocycles. The monoisotopic (exact) mass is 502 g/mol. The van der Waals surface area contributed by atoms with Gasteiger partial charge in [-0.05, 0) is 55.7 Å². The second-order valence-electron chi connectivity index (χ2n) is 9.57. The summed E-state index contributed by atoms with van der Waals surface area (Å²) in [5.74, 6) is 1.28.